The van der Waals surface area contributed by atoms with Gasteiger partial charge in [0.2, 0.25) is 0 Å². The van der Waals surface area contributed by atoms with Crippen molar-refractivity contribution in [2.45, 2.75) is 64.7 Å². The van der Waals surface area contributed by atoms with E-state index in [0.717, 1.165) is 48.6 Å². The molecule has 0 aromatic heterocycles. The number of nitrogens with one attached hydrogen (secondary N) is 2. The number of hydrogen-bond donors (Lipinski definition) is 2. The lowest BCUT2D eigenvalue weighted by Gasteiger charge is -2.54. The van der Waals surface area contributed by atoms with Crippen LogP contribution in [0, 0.1) is 41.4 Å². The van der Waals surface area contributed by atoms with E-state index in [2.05, 4.69) is 17.6 Å². The largest absolute Gasteiger partial charge is 0.338 e. The van der Waals surface area contributed by atoms with Crippen LogP contribution in [0.5, 0.6) is 0 Å². The summed E-state index contributed by atoms with van der Waals surface area (Å²) in [4.78, 5) is 12.0. The molecule has 23 heavy (non-hydrogen) atoms. The van der Waals surface area contributed by atoms with E-state index >= 15 is 0 Å². The molecule has 0 heterocycles. The van der Waals surface area contributed by atoms with E-state index in [1.807, 2.05) is 0 Å². The molecule has 5 fully saturated rings. The molecule has 5 rings (SSSR count). The van der Waals surface area contributed by atoms with Crippen LogP contribution in [-0.4, -0.2) is 19.1 Å². The van der Waals surface area contributed by atoms with E-state index in [0.29, 0.717) is 5.92 Å². The third-order valence-electron chi connectivity index (χ3n) is 7.75. The summed E-state index contributed by atoms with van der Waals surface area (Å²) in [6.45, 7) is 4.06. The Morgan fingerprint density at radius 1 is 0.957 bits per heavy atom. The van der Waals surface area contributed by atoms with Crippen LogP contribution in [0.3, 0.4) is 0 Å². The van der Waals surface area contributed by atoms with Crippen LogP contribution in [0.1, 0.15) is 64.7 Å². The molecule has 0 radical (unpaired) electrons. The summed E-state index contributed by atoms with van der Waals surface area (Å²) >= 11 is 0. The van der Waals surface area contributed by atoms with Crippen molar-refractivity contribution in [2.75, 3.05) is 13.1 Å². The normalized spacial score (nSPS) is 44.5. The van der Waals surface area contributed by atoms with E-state index in [9.17, 15) is 4.79 Å². The molecule has 3 nitrogen and oxygen atoms in total. The van der Waals surface area contributed by atoms with Gasteiger partial charge in [-0.05, 0) is 86.4 Å². The number of carbonyl (C=O) groups is 1. The van der Waals surface area contributed by atoms with Crippen LogP contribution in [-0.2, 0) is 0 Å². The molecule has 0 aromatic carbocycles. The highest BCUT2D eigenvalue weighted by molar-refractivity contribution is 5.73. The maximum absolute atomic E-state index is 12.0. The molecule has 0 spiro atoms. The monoisotopic (exact) mass is 318 g/mol. The standard InChI is InChI=1S/C20H34N2O/c1-13-3-2-4-16(13)12-22-20(23)21-6-5-19-17-8-14-7-15(10-17)11-18(19)9-14/h13-19H,2-12H2,1H3,(H2,21,22,23). The maximum Gasteiger partial charge on any atom is 0.314 e. The Kier molecular flexibility index (Phi) is 4.56. The third-order valence-corrected chi connectivity index (χ3v) is 7.75. The minimum Gasteiger partial charge on any atom is -0.338 e. The fourth-order valence-electron chi connectivity index (χ4n) is 6.67. The van der Waals surface area contributed by atoms with Crippen molar-refractivity contribution in [3.05, 3.63) is 0 Å². The molecule has 2 N–H and O–H groups in total. The predicted molar refractivity (Wildman–Crippen MR) is 93.1 cm³/mol. The van der Waals surface area contributed by atoms with E-state index in [4.69, 9.17) is 0 Å². The first-order chi connectivity index (χ1) is 11.2. The number of rotatable bonds is 5. The molecule has 5 aliphatic carbocycles. The fraction of sp³-hybridized carbons (Fsp3) is 0.950. The highest BCUT2D eigenvalue weighted by Gasteiger charge is 2.47. The first-order valence-corrected chi connectivity index (χ1v) is 10.2. The van der Waals surface area contributed by atoms with Gasteiger partial charge in [-0.15, -0.1) is 0 Å². The maximum atomic E-state index is 12.0. The Balaban J connectivity index is 1.16. The fourth-order valence-corrected chi connectivity index (χ4v) is 6.67. The van der Waals surface area contributed by atoms with Crippen molar-refractivity contribution in [3.8, 4) is 0 Å². The molecule has 4 bridgehead atoms. The van der Waals surface area contributed by atoms with Crippen molar-refractivity contribution in [2.24, 2.45) is 41.4 Å². The number of urea groups is 1. The number of amides is 2. The first-order valence-electron chi connectivity index (χ1n) is 10.2. The van der Waals surface area contributed by atoms with Gasteiger partial charge < -0.3 is 10.6 Å². The van der Waals surface area contributed by atoms with Gasteiger partial charge in [0.15, 0.2) is 0 Å². The van der Waals surface area contributed by atoms with Crippen LogP contribution < -0.4 is 10.6 Å². The number of hydrogen-bond acceptors (Lipinski definition) is 1. The van der Waals surface area contributed by atoms with Crippen molar-refractivity contribution in [1.29, 1.82) is 0 Å². The molecule has 0 saturated heterocycles. The summed E-state index contributed by atoms with van der Waals surface area (Å²) in [5.74, 6) is 6.45. The highest BCUT2D eigenvalue weighted by Crippen LogP contribution is 2.57. The lowest BCUT2D eigenvalue weighted by molar-refractivity contribution is -0.0390. The Morgan fingerprint density at radius 2 is 1.65 bits per heavy atom. The van der Waals surface area contributed by atoms with E-state index in [-0.39, 0.29) is 6.03 Å². The van der Waals surface area contributed by atoms with Crippen molar-refractivity contribution in [1.82, 2.24) is 10.6 Å². The average Bonchev–Trinajstić information content (AvgIpc) is 2.92. The van der Waals surface area contributed by atoms with E-state index in [1.54, 1.807) is 0 Å². The zero-order valence-corrected chi connectivity index (χ0v) is 14.7. The van der Waals surface area contributed by atoms with E-state index < -0.39 is 0 Å². The first kappa shape index (κ1) is 15.8. The Bertz CT molecular complexity index is 407. The summed E-state index contributed by atoms with van der Waals surface area (Å²) in [6.07, 6.45) is 12.7. The molecule has 0 aliphatic heterocycles. The van der Waals surface area contributed by atoms with E-state index in [1.165, 1.54) is 57.8 Å². The Labute approximate surface area is 141 Å². The van der Waals surface area contributed by atoms with Gasteiger partial charge in [0.1, 0.15) is 0 Å². The molecule has 2 amide bonds. The second kappa shape index (κ2) is 6.64. The summed E-state index contributed by atoms with van der Waals surface area (Å²) < 4.78 is 0. The summed E-state index contributed by atoms with van der Waals surface area (Å²) in [7, 11) is 0. The minimum atomic E-state index is 0.0629. The SMILES string of the molecule is CC1CCCC1CNC(=O)NCCC1C2CC3CC(C2)CC1C3. The zero-order valence-electron chi connectivity index (χ0n) is 14.7. The molecular formula is C20H34N2O. The van der Waals surface area contributed by atoms with Gasteiger partial charge in [0.05, 0.1) is 0 Å². The van der Waals surface area contributed by atoms with Gasteiger partial charge >= 0.3 is 6.03 Å². The smallest absolute Gasteiger partial charge is 0.314 e. The van der Waals surface area contributed by atoms with Crippen LogP contribution in [0.25, 0.3) is 0 Å². The Hall–Kier alpha value is -0.730. The molecule has 130 valence electrons. The van der Waals surface area contributed by atoms with Crippen molar-refractivity contribution >= 4 is 6.03 Å². The Morgan fingerprint density at radius 3 is 2.26 bits per heavy atom. The molecule has 3 heteroatoms. The molecule has 0 aromatic rings. The second-order valence-corrected chi connectivity index (χ2v) is 9.19. The van der Waals surface area contributed by atoms with Crippen molar-refractivity contribution < 1.29 is 4.79 Å². The molecule has 5 saturated carbocycles. The van der Waals surface area contributed by atoms with Gasteiger partial charge in [0, 0.05) is 13.1 Å². The molecule has 2 atom stereocenters. The predicted octanol–water partition coefficient (Wildman–Crippen LogP) is 4.18. The van der Waals surface area contributed by atoms with Crippen molar-refractivity contribution in [3.63, 3.8) is 0 Å². The summed E-state index contributed by atoms with van der Waals surface area (Å²) in [6, 6.07) is 0.0629. The average molecular weight is 319 g/mol. The van der Waals surface area contributed by atoms with Crippen LogP contribution in [0.4, 0.5) is 4.79 Å². The van der Waals surface area contributed by atoms with Crippen LogP contribution in [0.15, 0.2) is 0 Å². The zero-order chi connectivity index (χ0) is 15.8. The highest BCUT2D eigenvalue weighted by atomic mass is 16.2. The van der Waals surface area contributed by atoms with Gasteiger partial charge in [-0.2, -0.15) is 0 Å². The third kappa shape index (κ3) is 3.39. The van der Waals surface area contributed by atoms with Crippen LogP contribution in [0.2, 0.25) is 0 Å². The number of carbonyl (C=O) groups excluding carboxylic acids is 1. The van der Waals surface area contributed by atoms with Gasteiger partial charge in [-0.25, -0.2) is 4.79 Å². The van der Waals surface area contributed by atoms with Gasteiger partial charge in [0.25, 0.3) is 0 Å². The molecule has 2 unspecified atom stereocenters. The molecular weight excluding hydrogens is 284 g/mol. The van der Waals surface area contributed by atoms with Gasteiger partial charge in [-0.1, -0.05) is 19.8 Å². The lowest BCUT2D eigenvalue weighted by Crippen LogP contribution is -2.46. The second-order valence-electron chi connectivity index (χ2n) is 9.19. The topological polar surface area (TPSA) is 41.1 Å². The van der Waals surface area contributed by atoms with Gasteiger partial charge in [-0.3, -0.25) is 0 Å². The lowest BCUT2D eigenvalue weighted by atomic mass is 9.51. The minimum absolute atomic E-state index is 0.0629. The van der Waals surface area contributed by atoms with Crippen LogP contribution >= 0.6 is 0 Å². The quantitative estimate of drug-likeness (QED) is 0.784. The summed E-state index contributed by atoms with van der Waals surface area (Å²) in [5, 5.41) is 6.24. The molecule has 5 aliphatic rings. The summed E-state index contributed by atoms with van der Waals surface area (Å²) in [5.41, 5.74) is 0.